The molecule has 0 saturated heterocycles. The lowest BCUT2D eigenvalue weighted by atomic mass is 9.94. The molecule has 0 radical (unpaired) electrons. The molecular weight excluding hydrogens is 490 g/mol. The van der Waals surface area contributed by atoms with Crippen LogP contribution in [0.15, 0.2) is 72.8 Å². The predicted molar refractivity (Wildman–Crippen MR) is 145 cm³/mol. The minimum atomic E-state index is -1.02. The minimum absolute atomic E-state index is 0.181. The van der Waals surface area contributed by atoms with Crippen molar-refractivity contribution in [2.24, 2.45) is 0 Å². The first-order valence-corrected chi connectivity index (χ1v) is 12.4. The normalized spacial score (nSPS) is 15.2. The number of methoxy groups -OCH3 is 1. The molecule has 0 bridgehead atoms. The molecule has 4 N–H and O–H groups in total. The second kappa shape index (κ2) is 12.0. The zero-order valence-corrected chi connectivity index (χ0v) is 21.5. The molecule has 7 nitrogen and oxygen atoms in total. The van der Waals surface area contributed by atoms with Crippen LogP contribution in [0, 0.1) is 0 Å². The number of hydrogen-bond donors (Lipinski definition) is 4. The molecule has 0 aliphatic carbocycles. The highest BCUT2D eigenvalue weighted by Crippen LogP contribution is 2.34. The van der Waals surface area contributed by atoms with Crippen molar-refractivity contribution >= 4 is 34.4 Å². The first kappa shape index (κ1) is 26.3. The van der Waals surface area contributed by atoms with Crippen LogP contribution < -0.4 is 15.4 Å². The van der Waals surface area contributed by atoms with Crippen molar-refractivity contribution in [3.8, 4) is 5.75 Å². The Labute approximate surface area is 220 Å². The highest BCUT2D eigenvalue weighted by molar-refractivity contribution is 6.31. The van der Waals surface area contributed by atoms with E-state index in [-0.39, 0.29) is 11.9 Å². The van der Waals surface area contributed by atoms with Gasteiger partial charge in [-0.05, 0) is 53.4 Å². The zero-order valence-electron chi connectivity index (χ0n) is 20.8. The van der Waals surface area contributed by atoms with E-state index in [1.54, 1.807) is 7.11 Å². The number of carboxylic acid groups (broad SMARTS) is 1. The average Bonchev–Trinajstić information content (AvgIpc) is 3.27. The van der Waals surface area contributed by atoms with E-state index >= 15 is 0 Å². The monoisotopic (exact) mass is 519 g/mol. The van der Waals surface area contributed by atoms with Gasteiger partial charge in [-0.1, -0.05) is 54.1 Å². The van der Waals surface area contributed by atoms with Gasteiger partial charge in [-0.15, -0.1) is 0 Å². The summed E-state index contributed by atoms with van der Waals surface area (Å²) in [7, 11) is 1.69. The number of halogens is 1. The summed E-state index contributed by atoms with van der Waals surface area (Å²) in [6.07, 6.45) is 1.32. The lowest BCUT2D eigenvalue weighted by Crippen LogP contribution is -2.41. The second-order valence-electron chi connectivity index (χ2n) is 8.90. The number of benzene rings is 3. The summed E-state index contributed by atoms with van der Waals surface area (Å²) < 4.78 is 5.24. The van der Waals surface area contributed by atoms with Gasteiger partial charge in [0.1, 0.15) is 11.8 Å². The first-order valence-electron chi connectivity index (χ1n) is 12.1. The molecule has 0 spiro atoms. The Kier molecular flexibility index (Phi) is 8.48. The SMILES string of the molecule is CC(=O)N[C@@H](Cc1ccccc1)C(=O)O.COc1ccc([C@@H]2NCCc3c2[nH]c2ccc(Cl)cc32)cc1. The van der Waals surface area contributed by atoms with E-state index in [0.29, 0.717) is 6.42 Å². The number of carboxylic acids is 1. The molecule has 0 unspecified atom stereocenters. The standard InChI is InChI=1S/C18H17ClN2O.C11H13NO3/c1-22-13-5-2-11(3-6-13)17-18-14(8-9-20-17)15-10-12(19)4-7-16(15)21-18;1-8(13)12-10(11(14)15)7-9-5-3-2-4-6-9/h2-7,10,17,20-21H,8-9H2,1H3;2-6,10H,7H2,1H3,(H,12,13)(H,14,15)/t17-;10-/m00/s1. The molecule has 192 valence electrons. The smallest absolute Gasteiger partial charge is 0.326 e. The fourth-order valence-electron chi connectivity index (χ4n) is 4.58. The molecule has 0 fully saturated rings. The maximum Gasteiger partial charge on any atom is 0.326 e. The van der Waals surface area contributed by atoms with E-state index in [1.807, 2.05) is 48.5 Å². The number of carbonyl (C=O) groups excluding carboxylic acids is 1. The number of fused-ring (bicyclic) bond motifs is 3. The fraction of sp³-hybridized carbons (Fsp3) is 0.241. The zero-order chi connectivity index (χ0) is 26.4. The average molecular weight is 520 g/mol. The van der Waals surface area contributed by atoms with Crippen LogP contribution in [0.2, 0.25) is 5.02 Å². The van der Waals surface area contributed by atoms with Gasteiger partial charge in [-0.25, -0.2) is 4.79 Å². The first-order chi connectivity index (χ1) is 17.9. The molecule has 1 aromatic heterocycles. The van der Waals surface area contributed by atoms with E-state index in [1.165, 1.54) is 29.1 Å². The summed E-state index contributed by atoms with van der Waals surface area (Å²) in [5.74, 6) is -0.476. The Morgan fingerprint density at radius 2 is 1.84 bits per heavy atom. The van der Waals surface area contributed by atoms with Crippen LogP contribution in [-0.2, 0) is 22.4 Å². The summed E-state index contributed by atoms with van der Waals surface area (Å²) >= 11 is 6.16. The van der Waals surface area contributed by atoms with Gasteiger partial charge >= 0.3 is 5.97 Å². The van der Waals surface area contributed by atoms with E-state index in [9.17, 15) is 9.59 Å². The quantitative estimate of drug-likeness (QED) is 0.290. The fourth-order valence-corrected chi connectivity index (χ4v) is 4.75. The summed E-state index contributed by atoms with van der Waals surface area (Å²) in [6, 6.07) is 22.8. The number of nitrogens with one attached hydrogen (secondary N) is 3. The molecule has 3 aromatic carbocycles. The Morgan fingerprint density at radius 1 is 1.11 bits per heavy atom. The van der Waals surface area contributed by atoms with Crippen LogP contribution >= 0.6 is 11.6 Å². The molecule has 1 aliphatic rings. The summed E-state index contributed by atoms with van der Waals surface area (Å²) in [6.45, 7) is 2.27. The molecular formula is C29H30ClN3O4. The maximum atomic E-state index is 10.8. The van der Waals surface area contributed by atoms with Gasteiger partial charge in [0.25, 0.3) is 0 Å². The van der Waals surface area contributed by atoms with Crippen molar-refractivity contribution in [1.29, 1.82) is 0 Å². The largest absolute Gasteiger partial charge is 0.497 e. The van der Waals surface area contributed by atoms with Crippen molar-refractivity contribution in [3.05, 3.63) is 100 Å². The summed E-state index contributed by atoms with van der Waals surface area (Å²) in [5, 5.41) is 16.9. The lowest BCUT2D eigenvalue weighted by molar-refractivity contribution is -0.141. The van der Waals surface area contributed by atoms with Crippen LogP contribution in [0.1, 0.15) is 35.3 Å². The van der Waals surface area contributed by atoms with E-state index in [0.717, 1.165) is 34.8 Å². The van der Waals surface area contributed by atoms with Gasteiger partial charge in [0.05, 0.1) is 13.2 Å². The number of rotatable bonds is 6. The van der Waals surface area contributed by atoms with Gasteiger partial charge in [-0.3, -0.25) is 4.79 Å². The number of aromatic nitrogens is 1. The molecule has 5 rings (SSSR count). The Morgan fingerprint density at radius 3 is 2.49 bits per heavy atom. The molecule has 2 heterocycles. The van der Waals surface area contributed by atoms with Crippen molar-refractivity contribution in [2.45, 2.75) is 31.8 Å². The molecule has 1 amide bonds. The number of amides is 1. The number of aliphatic carboxylic acids is 1. The van der Waals surface area contributed by atoms with Crippen LogP contribution in [-0.4, -0.2) is 41.7 Å². The van der Waals surface area contributed by atoms with Crippen LogP contribution in [0.5, 0.6) is 5.75 Å². The number of aromatic amines is 1. The van der Waals surface area contributed by atoms with Gasteiger partial charge in [-0.2, -0.15) is 0 Å². The maximum absolute atomic E-state index is 10.8. The van der Waals surface area contributed by atoms with Crippen LogP contribution in [0.25, 0.3) is 10.9 Å². The third-order valence-electron chi connectivity index (χ3n) is 6.32. The molecule has 0 saturated carbocycles. The molecule has 4 aromatic rings. The van der Waals surface area contributed by atoms with Gasteiger partial charge in [0.15, 0.2) is 0 Å². The van der Waals surface area contributed by atoms with Crippen molar-refractivity contribution in [2.75, 3.05) is 13.7 Å². The van der Waals surface area contributed by atoms with Gasteiger partial charge in [0.2, 0.25) is 5.91 Å². The number of H-pyrrole nitrogens is 1. The molecule has 2 atom stereocenters. The van der Waals surface area contributed by atoms with Crippen LogP contribution in [0.3, 0.4) is 0 Å². The highest BCUT2D eigenvalue weighted by Gasteiger charge is 2.25. The topological polar surface area (TPSA) is 103 Å². The van der Waals surface area contributed by atoms with Crippen molar-refractivity contribution in [3.63, 3.8) is 0 Å². The number of ether oxygens (including phenoxy) is 1. The number of carbonyl (C=O) groups is 2. The van der Waals surface area contributed by atoms with E-state index in [4.69, 9.17) is 21.4 Å². The van der Waals surface area contributed by atoms with Gasteiger partial charge < -0.3 is 25.5 Å². The molecule has 1 aliphatic heterocycles. The Balaban J connectivity index is 0.000000188. The summed E-state index contributed by atoms with van der Waals surface area (Å²) in [5.41, 5.74) is 5.89. The lowest BCUT2D eigenvalue weighted by Gasteiger charge is -2.25. The molecule has 37 heavy (non-hydrogen) atoms. The highest BCUT2D eigenvalue weighted by atomic mass is 35.5. The Hall–Kier alpha value is -3.81. The molecule has 8 heteroatoms. The third-order valence-corrected chi connectivity index (χ3v) is 6.56. The minimum Gasteiger partial charge on any atom is -0.497 e. The van der Waals surface area contributed by atoms with Crippen molar-refractivity contribution in [1.82, 2.24) is 15.6 Å². The third kappa shape index (κ3) is 6.50. The summed E-state index contributed by atoms with van der Waals surface area (Å²) in [4.78, 5) is 25.2. The van der Waals surface area contributed by atoms with Gasteiger partial charge in [0, 0.05) is 41.5 Å². The van der Waals surface area contributed by atoms with E-state index < -0.39 is 12.0 Å². The number of hydrogen-bond acceptors (Lipinski definition) is 4. The van der Waals surface area contributed by atoms with Crippen LogP contribution in [0.4, 0.5) is 0 Å². The van der Waals surface area contributed by atoms with Crippen molar-refractivity contribution < 1.29 is 19.4 Å². The predicted octanol–water partition coefficient (Wildman–Crippen LogP) is 4.88. The second-order valence-corrected chi connectivity index (χ2v) is 9.33. The Bertz CT molecular complexity index is 1370. The van der Waals surface area contributed by atoms with E-state index in [2.05, 4.69) is 39.9 Å².